The van der Waals surface area contributed by atoms with Gasteiger partial charge in [0.2, 0.25) is 11.8 Å². The second kappa shape index (κ2) is 16.6. The molecular formula is C32H35B2F6N5O10. The van der Waals surface area contributed by atoms with E-state index in [4.69, 9.17) is 20.1 Å². The molecular weight excluding hydrogens is 750 g/mol. The molecule has 4 amide bonds. The zero-order valence-electron chi connectivity index (χ0n) is 28.8. The number of hydrogen-bond donors (Lipinski definition) is 7. The first-order valence-corrected chi connectivity index (χ1v) is 17.0. The van der Waals surface area contributed by atoms with Crippen LogP contribution in [0.15, 0.2) is 24.3 Å². The number of alkyl halides is 6. The van der Waals surface area contributed by atoms with Gasteiger partial charge in [-0.3, -0.25) is 24.0 Å². The van der Waals surface area contributed by atoms with Crippen LogP contribution in [-0.2, 0) is 49.3 Å². The zero-order valence-corrected chi connectivity index (χ0v) is 28.8. The molecule has 2 aromatic rings. The predicted octanol–water partition coefficient (Wildman–Crippen LogP) is -0.623. The van der Waals surface area contributed by atoms with E-state index in [2.05, 4.69) is 16.0 Å². The average molecular weight is 785 g/mol. The van der Waals surface area contributed by atoms with E-state index in [9.17, 15) is 60.4 Å². The topological polar surface area (TPSA) is 230 Å². The fraction of sp³-hybridized carbons (Fsp3) is 0.469. The van der Waals surface area contributed by atoms with Crippen molar-refractivity contribution in [2.75, 3.05) is 19.6 Å². The lowest BCUT2D eigenvalue weighted by molar-refractivity contribution is -0.139. The van der Waals surface area contributed by atoms with Gasteiger partial charge >= 0.3 is 32.6 Å². The van der Waals surface area contributed by atoms with Crippen molar-refractivity contribution < 1.29 is 74.8 Å². The number of carbonyl (C=O) groups is 5. The standard InChI is InChI=1S/C32H35B2F6N5O10/c35-31(36,37)19-7-15(9-21-17(19)13-54-33(21)52)28(48)43-24-11-45(27(47)5-4-26(46)42-6-2-1-3-23(41)30(50)51)12-25(24)44-29(49)16-8-20(32(38,39)40)18-14-55-34(53)22(18)10-16/h7-10,23-25,52-53H,1-6,11-14,41H2,(H,42,46)(H,43,48)(H,44,49)(H,50,51)/t23-,24-,25-/m0/s1. The van der Waals surface area contributed by atoms with Crippen LogP contribution in [0.4, 0.5) is 26.3 Å². The largest absolute Gasteiger partial charge is 0.491 e. The van der Waals surface area contributed by atoms with Crippen LogP contribution < -0.4 is 32.6 Å². The fourth-order valence-corrected chi connectivity index (χ4v) is 6.53. The molecule has 5 rings (SSSR count). The van der Waals surface area contributed by atoms with Crippen molar-refractivity contribution in [1.29, 1.82) is 0 Å². The van der Waals surface area contributed by atoms with Crippen LogP contribution >= 0.6 is 0 Å². The summed E-state index contributed by atoms with van der Waals surface area (Å²) in [5.74, 6) is -4.52. The Morgan fingerprint density at radius 2 is 1.27 bits per heavy atom. The molecule has 1 saturated heterocycles. The second-order valence-electron chi connectivity index (χ2n) is 13.3. The molecule has 0 unspecified atom stereocenters. The number of nitrogens with zero attached hydrogens (tertiary/aromatic N) is 1. The van der Waals surface area contributed by atoms with E-state index < -0.39 is 110 Å². The number of carboxylic acids is 1. The van der Waals surface area contributed by atoms with Gasteiger partial charge in [-0.25, -0.2) is 0 Å². The van der Waals surface area contributed by atoms with E-state index in [0.29, 0.717) is 25.0 Å². The first kappa shape index (κ1) is 41.5. The molecule has 3 aliphatic heterocycles. The van der Waals surface area contributed by atoms with Crippen LogP contribution in [0.3, 0.4) is 0 Å². The van der Waals surface area contributed by atoms with Crippen LogP contribution in [0.25, 0.3) is 0 Å². The Morgan fingerprint density at radius 1 is 0.800 bits per heavy atom. The molecule has 1 fully saturated rings. The molecule has 3 aliphatic rings. The van der Waals surface area contributed by atoms with E-state index in [1.807, 2.05) is 0 Å². The Kier molecular flexibility index (Phi) is 12.5. The number of unbranched alkanes of at least 4 members (excludes halogenated alkanes) is 1. The Bertz CT molecular complexity index is 1750. The molecule has 0 aliphatic carbocycles. The lowest BCUT2D eigenvalue weighted by atomic mass is 9.77. The molecule has 23 heteroatoms. The highest BCUT2D eigenvalue weighted by atomic mass is 19.4. The van der Waals surface area contributed by atoms with Gasteiger partial charge in [0.25, 0.3) is 11.8 Å². The highest BCUT2D eigenvalue weighted by molar-refractivity contribution is 6.62. The van der Waals surface area contributed by atoms with Gasteiger partial charge in [-0.2, -0.15) is 26.3 Å². The zero-order chi connectivity index (χ0) is 40.4. The summed E-state index contributed by atoms with van der Waals surface area (Å²) in [5, 5.41) is 36.6. The van der Waals surface area contributed by atoms with Crippen molar-refractivity contribution in [3.63, 3.8) is 0 Å². The Labute approximate surface area is 309 Å². The molecule has 55 heavy (non-hydrogen) atoms. The van der Waals surface area contributed by atoms with Crippen LogP contribution in [-0.4, -0.2) is 102 Å². The van der Waals surface area contributed by atoms with Crippen molar-refractivity contribution in [3.05, 3.63) is 57.6 Å². The lowest BCUT2D eigenvalue weighted by Crippen LogP contribution is -2.51. The number of likely N-dealkylation sites (tertiary alicyclic amines) is 1. The molecule has 0 aromatic heterocycles. The Hall–Kier alpha value is -4.70. The quantitative estimate of drug-likeness (QED) is 0.0769. The SMILES string of the molecule is N[C@@H](CCCCNC(=O)CCC(=O)N1C[C@H](NC(=O)c2cc3c(c(C(F)(F)F)c2)COB3O)[C@@H](NC(=O)c2cc3c(c(C(F)(F)F)c2)COB3O)C1)C(=O)O. The number of benzene rings is 2. The van der Waals surface area contributed by atoms with Gasteiger partial charge in [0.05, 0.1) is 36.4 Å². The smallest absolute Gasteiger partial charge is 0.480 e. The number of amides is 4. The maximum atomic E-state index is 13.9. The van der Waals surface area contributed by atoms with Crippen molar-refractivity contribution in [2.45, 2.75) is 75.8 Å². The maximum Gasteiger partial charge on any atom is 0.491 e. The molecule has 0 radical (unpaired) electrons. The average Bonchev–Trinajstić information content (AvgIpc) is 3.81. The summed E-state index contributed by atoms with van der Waals surface area (Å²) in [4.78, 5) is 64.5. The molecule has 3 heterocycles. The number of nitrogens with two attached hydrogens (primary N) is 1. The third kappa shape index (κ3) is 9.76. The Balaban J connectivity index is 1.32. The third-order valence-corrected chi connectivity index (χ3v) is 9.46. The van der Waals surface area contributed by atoms with Gasteiger partial charge in [-0.15, -0.1) is 0 Å². The van der Waals surface area contributed by atoms with Crippen LogP contribution in [0.2, 0.25) is 0 Å². The number of fused-ring (bicyclic) bond motifs is 2. The number of rotatable bonds is 13. The fourth-order valence-electron chi connectivity index (χ4n) is 6.53. The van der Waals surface area contributed by atoms with Crippen molar-refractivity contribution in [2.24, 2.45) is 5.73 Å². The number of carbonyl (C=O) groups excluding carboxylic acids is 4. The number of nitrogens with one attached hydrogen (secondary N) is 3. The molecule has 0 bridgehead atoms. The van der Waals surface area contributed by atoms with E-state index in [1.54, 1.807) is 0 Å². The minimum absolute atomic E-state index is 0.176. The summed E-state index contributed by atoms with van der Waals surface area (Å²) in [6, 6.07) is -0.385. The highest BCUT2D eigenvalue weighted by Crippen LogP contribution is 2.35. The molecule has 8 N–H and O–H groups in total. The van der Waals surface area contributed by atoms with E-state index in [0.717, 1.165) is 17.0 Å². The van der Waals surface area contributed by atoms with Crippen LogP contribution in [0.5, 0.6) is 0 Å². The molecule has 3 atom stereocenters. The molecule has 2 aromatic carbocycles. The molecule has 0 spiro atoms. The minimum atomic E-state index is -4.94. The lowest BCUT2D eigenvalue weighted by Gasteiger charge is -2.22. The number of carboxylic acid groups (broad SMARTS) is 1. The first-order valence-electron chi connectivity index (χ1n) is 17.0. The molecule has 296 valence electrons. The molecule has 15 nitrogen and oxygen atoms in total. The number of halogens is 6. The number of hydrogen-bond acceptors (Lipinski definition) is 10. The summed E-state index contributed by atoms with van der Waals surface area (Å²) < 4.78 is 93.3. The first-order chi connectivity index (χ1) is 25.7. The van der Waals surface area contributed by atoms with Gasteiger partial charge in [0, 0.05) is 43.6 Å². The van der Waals surface area contributed by atoms with Crippen LogP contribution in [0, 0.1) is 0 Å². The second-order valence-corrected chi connectivity index (χ2v) is 13.3. The minimum Gasteiger partial charge on any atom is -0.480 e. The summed E-state index contributed by atoms with van der Waals surface area (Å²) >= 11 is 0. The highest BCUT2D eigenvalue weighted by Gasteiger charge is 2.43. The summed E-state index contributed by atoms with van der Waals surface area (Å²) in [5.41, 5.74) is 0.562. The van der Waals surface area contributed by atoms with Crippen molar-refractivity contribution in [1.82, 2.24) is 20.9 Å². The molecule has 0 saturated carbocycles. The van der Waals surface area contributed by atoms with Gasteiger partial charge in [0.15, 0.2) is 0 Å². The van der Waals surface area contributed by atoms with Crippen molar-refractivity contribution in [3.8, 4) is 0 Å². The van der Waals surface area contributed by atoms with Gasteiger partial charge in [0.1, 0.15) is 6.04 Å². The maximum absolute atomic E-state index is 13.9. The Morgan fingerprint density at radius 3 is 1.71 bits per heavy atom. The third-order valence-electron chi connectivity index (χ3n) is 9.46. The summed E-state index contributed by atoms with van der Waals surface area (Å²) in [7, 11) is -3.50. The van der Waals surface area contributed by atoms with Crippen LogP contribution in [0.1, 0.15) is 75.1 Å². The van der Waals surface area contributed by atoms with E-state index >= 15 is 0 Å². The van der Waals surface area contributed by atoms with E-state index in [1.165, 1.54) is 0 Å². The van der Waals surface area contributed by atoms with E-state index in [-0.39, 0.29) is 60.9 Å². The predicted molar refractivity (Wildman–Crippen MR) is 178 cm³/mol. The van der Waals surface area contributed by atoms with Crippen molar-refractivity contribution >= 4 is 54.8 Å². The van der Waals surface area contributed by atoms with Gasteiger partial charge in [-0.1, -0.05) is 0 Å². The summed E-state index contributed by atoms with van der Waals surface area (Å²) in [6.07, 6.45) is -9.52. The van der Waals surface area contributed by atoms with Gasteiger partial charge in [-0.05, 0) is 65.6 Å². The monoisotopic (exact) mass is 785 g/mol. The summed E-state index contributed by atoms with van der Waals surface area (Å²) in [6.45, 7) is -1.64. The normalized spacial score (nSPS) is 18.5. The van der Waals surface area contributed by atoms with Gasteiger partial charge < -0.3 is 51.0 Å². The number of aliphatic carboxylic acids is 1.